The van der Waals surface area contributed by atoms with Gasteiger partial charge in [-0.05, 0) is 6.42 Å². The molecule has 0 saturated carbocycles. The van der Waals surface area contributed by atoms with Crippen molar-refractivity contribution in [2.75, 3.05) is 13.3 Å². The Labute approximate surface area is 74.0 Å². The van der Waals surface area contributed by atoms with Gasteiger partial charge in [-0.1, -0.05) is 0 Å². The molecule has 0 radical (unpaired) electrons. The second-order valence-electron chi connectivity index (χ2n) is 2.16. The summed E-state index contributed by atoms with van der Waals surface area (Å²) in [4.78, 5) is 10.7. The Morgan fingerprint density at radius 2 is 2.08 bits per heavy atom. The largest absolute Gasteiger partial charge is 0.449 e. The van der Waals surface area contributed by atoms with Crippen LogP contribution in [-0.2, 0) is 14.3 Å². The van der Waals surface area contributed by atoms with Crippen molar-refractivity contribution in [2.24, 2.45) is 11.5 Å². The van der Waals surface area contributed by atoms with Gasteiger partial charge in [0.2, 0.25) is 0 Å². The molecular weight excluding hydrogens is 186 g/mol. The second-order valence-corrected chi connectivity index (χ2v) is 2.16. The molecule has 0 aliphatic heterocycles. The summed E-state index contributed by atoms with van der Waals surface area (Å²) in [5.41, 5.74) is 10.1. The molecule has 78 valence electrons. The van der Waals surface area contributed by atoms with Crippen molar-refractivity contribution < 1.29 is 23.0 Å². The number of hydrogen-bond donors (Lipinski definition) is 2. The third-order valence-electron chi connectivity index (χ3n) is 1.20. The van der Waals surface area contributed by atoms with Crippen LogP contribution in [0.2, 0.25) is 0 Å². The number of ether oxygens (including phenoxy) is 2. The van der Waals surface area contributed by atoms with Crippen LogP contribution in [0.1, 0.15) is 6.42 Å². The fourth-order valence-corrected chi connectivity index (χ4v) is 0.591. The SMILES string of the molecule is NCOC(=O)[C@@H](N)CCOC(F)F. The van der Waals surface area contributed by atoms with Crippen molar-refractivity contribution in [3.8, 4) is 0 Å². The van der Waals surface area contributed by atoms with E-state index in [0.717, 1.165) is 0 Å². The van der Waals surface area contributed by atoms with Crippen LogP contribution in [-0.4, -0.2) is 32.0 Å². The monoisotopic (exact) mass is 198 g/mol. The first-order chi connectivity index (χ1) is 6.07. The first kappa shape index (κ1) is 12.2. The van der Waals surface area contributed by atoms with Gasteiger partial charge in [0, 0.05) is 0 Å². The van der Waals surface area contributed by atoms with Crippen LogP contribution in [0.15, 0.2) is 0 Å². The van der Waals surface area contributed by atoms with Gasteiger partial charge in [-0.25, -0.2) is 0 Å². The van der Waals surface area contributed by atoms with E-state index in [1.807, 2.05) is 0 Å². The van der Waals surface area contributed by atoms with Gasteiger partial charge in [0.05, 0.1) is 6.61 Å². The summed E-state index contributed by atoms with van der Waals surface area (Å²) in [6.07, 6.45) is -0.0246. The van der Waals surface area contributed by atoms with E-state index in [9.17, 15) is 13.6 Å². The zero-order valence-electron chi connectivity index (χ0n) is 6.91. The number of carbonyl (C=O) groups is 1. The number of alkyl halides is 2. The second kappa shape index (κ2) is 6.70. The average Bonchev–Trinajstić information content (AvgIpc) is 2.04. The standard InChI is InChI=1S/C6H12F2N2O3/c7-6(8)12-2-1-4(10)5(11)13-3-9/h4,6H,1-3,9-10H2/t4-/m0/s1. The van der Waals surface area contributed by atoms with E-state index in [0.29, 0.717) is 0 Å². The van der Waals surface area contributed by atoms with Crippen LogP contribution in [0.25, 0.3) is 0 Å². The highest BCUT2D eigenvalue weighted by Crippen LogP contribution is 1.98. The minimum Gasteiger partial charge on any atom is -0.449 e. The predicted molar refractivity (Wildman–Crippen MR) is 39.7 cm³/mol. The van der Waals surface area contributed by atoms with Crippen molar-refractivity contribution in [1.82, 2.24) is 0 Å². The van der Waals surface area contributed by atoms with Gasteiger partial charge in [-0.3, -0.25) is 10.5 Å². The summed E-state index contributed by atoms with van der Waals surface area (Å²) < 4.78 is 31.1. The Balaban J connectivity index is 3.49. The molecule has 0 aliphatic carbocycles. The van der Waals surface area contributed by atoms with Gasteiger partial charge < -0.3 is 15.2 Å². The third-order valence-corrected chi connectivity index (χ3v) is 1.20. The van der Waals surface area contributed by atoms with Crippen molar-refractivity contribution in [3.63, 3.8) is 0 Å². The smallest absolute Gasteiger partial charge is 0.345 e. The molecule has 0 aromatic rings. The lowest BCUT2D eigenvalue weighted by atomic mass is 10.2. The summed E-state index contributed by atoms with van der Waals surface area (Å²) in [5.74, 6) is -0.722. The van der Waals surface area contributed by atoms with Gasteiger partial charge >= 0.3 is 12.6 Å². The van der Waals surface area contributed by atoms with Gasteiger partial charge in [0.1, 0.15) is 12.8 Å². The van der Waals surface area contributed by atoms with E-state index in [2.05, 4.69) is 9.47 Å². The van der Waals surface area contributed by atoms with Crippen molar-refractivity contribution in [1.29, 1.82) is 0 Å². The Morgan fingerprint density at radius 3 is 2.54 bits per heavy atom. The lowest BCUT2D eigenvalue weighted by molar-refractivity contribution is -0.149. The van der Waals surface area contributed by atoms with Crippen molar-refractivity contribution in [3.05, 3.63) is 0 Å². The molecule has 0 saturated heterocycles. The maximum absolute atomic E-state index is 11.4. The van der Waals surface area contributed by atoms with E-state index in [1.165, 1.54) is 0 Å². The number of hydrogen-bond acceptors (Lipinski definition) is 5. The summed E-state index contributed by atoms with van der Waals surface area (Å²) in [6, 6.07) is -0.970. The maximum atomic E-state index is 11.4. The molecule has 0 aromatic heterocycles. The molecule has 0 rings (SSSR count). The fourth-order valence-electron chi connectivity index (χ4n) is 0.591. The van der Waals surface area contributed by atoms with Gasteiger partial charge in [0.25, 0.3) is 0 Å². The number of esters is 1. The van der Waals surface area contributed by atoms with Gasteiger partial charge in [-0.15, -0.1) is 0 Å². The molecule has 1 atom stereocenters. The fraction of sp³-hybridized carbons (Fsp3) is 0.833. The summed E-state index contributed by atoms with van der Waals surface area (Å²) in [6.45, 7) is -3.42. The van der Waals surface area contributed by atoms with Gasteiger partial charge in [-0.2, -0.15) is 8.78 Å². The first-order valence-electron chi connectivity index (χ1n) is 3.60. The molecule has 0 heterocycles. The molecule has 4 N–H and O–H groups in total. The molecule has 0 bridgehead atoms. The van der Waals surface area contributed by atoms with E-state index in [1.54, 1.807) is 0 Å². The van der Waals surface area contributed by atoms with Crippen molar-refractivity contribution >= 4 is 5.97 Å². The van der Waals surface area contributed by atoms with E-state index < -0.39 is 18.6 Å². The van der Waals surface area contributed by atoms with Crippen LogP contribution in [0.3, 0.4) is 0 Å². The highest BCUT2D eigenvalue weighted by atomic mass is 19.3. The summed E-state index contributed by atoms with van der Waals surface area (Å²) >= 11 is 0. The Kier molecular flexibility index (Phi) is 6.29. The van der Waals surface area contributed by atoms with E-state index >= 15 is 0 Å². The number of rotatable bonds is 6. The number of halogens is 2. The molecule has 13 heavy (non-hydrogen) atoms. The van der Waals surface area contributed by atoms with Gasteiger partial charge in [0.15, 0.2) is 0 Å². The molecule has 0 aliphatic rings. The molecule has 0 amide bonds. The minimum atomic E-state index is -2.85. The van der Waals surface area contributed by atoms with Crippen LogP contribution < -0.4 is 11.5 Å². The first-order valence-corrected chi connectivity index (χ1v) is 3.60. The molecular formula is C6H12F2N2O3. The zero-order chi connectivity index (χ0) is 10.3. The lowest BCUT2D eigenvalue weighted by Gasteiger charge is -2.09. The third kappa shape index (κ3) is 6.38. The Bertz CT molecular complexity index is 157. The molecule has 5 nitrogen and oxygen atoms in total. The molecule has 7 heteroatoms. The molecule has 0 spiro atoms. The molecule has 0 fully saturated rings. The highest BCUT2D eigenvalue weighted by molar-refractivity contribution is 5.75. The Morgan fingerprint density at radius 1 is 1.46 bits per heavy atom. The maximum Gasteiger partial charge on any atom is 0.345 e. The van der Waals surface area contributed by atoms with Crippen LogP contribution in [0, 0.1) is 0 Å². The predicted octanol–water partition coefficient (Wildman–Crippen LogP) is -0.598. The van der Waals surface area contributed by atoms with Crippen LogP contribution in [0.5, 0.6) is 0 Å². The zero-order valence-corrected chi connectivity index (χ0v) is 6.91. The summed E-state index contributed by atoms with van der Waals surface area (Å²) in [5, 5.41) is 0. The lowest BCUT2D eigenvalue weighted by Crippen LogP contribution is -2.34. The van der Waals surface area contributed by atoms with Crippen molar-refractivity contribution in [2.45, 2.75) is 19.1 Å². The van der Waals surface area contributed by atoms with Crippen LogP contribution >= 0.6 is 0 Å². The van der Waals surface area contributed by atoms with E-state index in [-0.39, 0.29) is 19.8 Å². The van der Waals surface area contributed by atoms with Crippen LogP contribution in [0.4, 0.5) is 8.78 Å². The highest BCUT2D eigenvalue weighted by Gasteiger charge is 2.14. The normalized spacial score (nSPS) is 13.0. The number of nitrogens with two attached hydrogens (primary N) is 2. The Hall–Kier alpha value is -0.790. The molecule has 0 unspecified atom stereocenters. The topological polar surface area (TPSA) is 87.6 Å². The average molecular weight is 198 g/mol. The van der Waals surface area contributed by atoms with E-state index in [4.69, 9.17) is 11.5 Å². The minimum absolute atomic E-state index is 0.0246. The molecule has 0 aromatic carbocycles. The number of carbonyl (C=O) groups excluding carboxylic acids is 1. The summed E-state index contributed by atoms with van der Waals surface area (Å²) in [7, 11) is 0. The quantitative estimate of drug-likeness (QED) is 0.439.